The normalized spacial score (nSPS) is 18.8. The molecule has 1 rings (SSSR count). The summed E-state index contributed by atoms with van der Waals surface area (Å²) in [6.45, 7) is 4.52. The van der Waals surface area contributed by atoms with Crippen molar-refractivity contribution in [2.24, 2.45) is 5.92 Å². The third kappa shape index (κ3) is 4.00. The SMILES string of the molecule is CC(C)CS(=O)(=O)N(CCBr)C1CCCC1. The van der Waals surface area contributed by atoms with Crippen LogP contribution in [0.15, 0.2) is 0 Å². The second kappa shape index (κ2) is 6.36. The van der Waals surface area contributed by atoms with E-state index >= 15 is 0 Å². The molecule has 0 heterocycles. The lowest BCUT2D eigenvalue weighted by molar-refractivity contribution is 0.336. The lowest BCUT2D eigenvalue weighted by atomic mass is 10.2. The highest BCUT2D eigenvalue weighted by Crippen LogP contribution is 2.26. The first-order valence-electron chi connectivity index (χ1n) is 6.03. The van der Waals surface area contributed by atoms with Crippen molar-refractivity contribution in [2.75, 3.05) is 17.6 Å². The number of alkyl halides is 1. The number of halogens is 1. The predicted molar refractivity (Wildman–Crippen MR) is 71.4 cm³/mol. The molecule has 0 aromatic carbocycles. The molecule has 0 bridgehead atoms. The monoisotopic (exact) mass is 311 g/mol. The molecule has 5 heteroatoms. The molecule has 1 saturated carbocycles. The van der Waals surface area contributed by atoms with Gasteiger partial charge in [-0.25, -0.2) is 8.42 Å². The van der Waals surface area contributed by atoms with Crippen molar-refractivity contribution in [3.05, 3.63) is 0 Å². The van der Waals surface area contributed by atoms with Crippen molar-refractivity contribution < 1.29 is 8.42 Å². The van der Waals surface area contributed by atoms with E-state index in [4.69, 9.17) is 0 Å². The maximum absolute atomic E-state index is 12.2. The number of nitrogens with zero attached hydrogens (tertiary/aromatic N) is 1. The molecule has 0 unspecified atom stereocenters. The van der Waals surface area contributed by atoms with Gasteiger partial charge in [0.15, 0.2) is 0 Å². The number of hydrogen-bond acceptors (Lipinski definition) is 2. The van der Waals surface area contributed by atoms with Crippen molar-refractivity contribution in [1.82, 2.24) is 4.31 Å². The van der Waals surface area contributed by atoms with Gasteiger partial charge in [-0.05, 0) is 18.8 Å². The van der Waals surface area contributed by atoms with E-state index in [0.717, 1.165) is 18.2 Å². The van der Waals surface area contributed by atoms with Gasteiger partial charge in [0, 0.05) is 17.9 Å². The zero-order valence-corrected chi connectivity index (χ0v) is 12.6. The van der Waals surface area contributed by atoms with Gasteiger partial charge < -0.3 is 0 Å². The van der Waals surface area contributed by atoms with Crippen LogP contribution in [0.3, 0.4) is 0 Å². The van der Waals surface area contributed by atoms with Gasteiger partial charge in [0.05, 0.1) is 5.75 Å². The van der Waals surface area contributed by atoms with Crippen LogP contribution in [-0.2, 0) is 10.0 Å². The average Bonchev–Trinajstić information content (AvgIpc) is 2.64. The van der Waals surface area contributed by atoms with Gasteiger partial charge in [-0.3, -0.25) is 0 Å². The summed E-state index contributed by atoms with van der Waals surface area (Å²) >= 11 is 3.35. The van der Waals surface area contributed by atoms with Gasteiger partial charge in [-0.1, -0.05) is 42.6 Å². The topological polar surface area (TPSA) is 37.4 Å². The Balaban J connectivity index is 2.75. The molecule has 1 aliphatic carbocycles. The van der Waals surface area contributed by atoms with E-state index in [-0.39, 0.29) is 17.7 Å². The van der Waals surface area contributed by atoms with Gasteiger partial charge in [0.25, 0.3) is 0 Å². The van der Waals surface area contributed by atoms with Crippen molar-refractivity contribution >= 4 is 26.0 Å². The van der Waals surface area contributed by atoms with Crippen molar-refractivity contribution in [1.29, 1.82) is 0 Å². The maximum Gasteiger partial charge on any atom is 0.214 e. The second-order valence-electron chi connectivity index (χ2n) is 4.91. The number of hydrogen-bond donors (Lipinski definition) is 0. The Bertz CT molecular complexity index is 297. The van der Waals surface area contributed by atoms with Crippen LogP contribution in [0.4, 0.5) is 0 Å². The summed E-state index contributed by atoms with van der Waals surface area (Å²) in [5, 5.41) is 0.723. The van der Waals surface area contributed by atoms with Gasteiger partial charge in [-0.15, -0.1) is 0 Å². The summed E-state index contributed by atoms with van der Waals surface area (Å²) in [7, 11) is -3.06. The minimum Gasteiger partial charge on any atom is -0.212 e. The highest BCUT2D eigenvalue weighted by molar-refractivity contribution is 9.09. The number of rotatable bonds is 6. The van der Waals surface area contributed by atoms with E-state index in [2.05, 4.69) is 15.9 Å². The van der Waals surface area contributed by atoms with Crippen LogP contribution < -0.4 is 0 Å². The first-order chi connectivity index (χ1) is 7.47. The molecule has 0 radical (unpaired) electrons. The Hall–Kier alpha value is 0.390. The van der Waals surface area contributed by atoms with E-state index in [1.54, 1.807) is 4.31 Å². The van der Waals surface area contributed by atoms with Crippen molar-refractivity contribution in [3.63, 3.8) is 0 Å². The van der Waals surface area contributed by atoms with Gasteiger partial charge >= 0.3 is 0 Å². The molecule has 0 aromatic heterocycles. The maximum atomic E-state index is 12.2. The zero-order valence-electron chi connectivity index (χ0n) is 10.2. The van der Waals surface area contributed by atoms with Gasteiger partial charge in [0.1, 0.15) is 0 Å². The Morgan fingerprint density at radius 1 is 1.31 bits per heavy atom. The summed E-state index contributed by atoms with van der Waals surface area (Å²) in [6, 6.07) is 0.251. The van der Waals surface area contributed by atoms with Crippen LogP contribution in [0, 0.1) is 5.92 Å². The molecule has 0 aromatic rings. The first-order valence-corrected chi connectivity index (χ1v) is 8.76. The molecule has 16 heavy (non-hydrogen) atoms. The van der Waals surface area contributed by atoms with Crippen molar-refractivity contribution in [2.45, 2.75) is 45.6 Å². The molecule has 3 nitrogen and oxygen atoms in total. The molecule has 0 N–H and O–H groups in total. The fraction of sp³-hybridized carbons (Fsp3) is 1.00. The summed E-state index contributed by atoms with van der Waals surface area (Å²) in [6.07, 6.45) is 4.40. The minimum atomic E-state index is -3.06. The zero-order chi connectivity index (χ0) is 12.2. The lowest BCUT2D eigenvalue weighted by Crippen LogP contribution is -2.42. The van der Waals surface area contributed by atoms with Crippen LogP contribution >= 0.6 is 15.9 Å². The third-order valence-corrected chi connectivity index (χ3v) is 5.58. The largest absolute Gasteiger partial charge is 0.214 e. The third-order valence-electron chi connectivity index (χ3n) is 2.94. The van der Waals surface area contributed by atoms with E-state index in [0.29, 0.717) is 6.54 Å². The van der Waals surface area contributed by atoms with Crippen LogP contribution in [0.5, 0.6) is 0 Å². The molecule has 0 amide bonds. The van der Waals surface area contributed by atoms with E-state index in [1.165, 1.54) is 12.8 Å². The number of sulfonamides is 1. The van der Waals surface area contributed by atoms with Crippen LogP contribution in [0.25, 0.3) is 0 Å². The first kappa shape index (κ1) is 14.5. The minimum absolute atomic E-state index is 0.198. The van der Waals surface area contributed by atoms with E-state index < -0.39 is 10.0 Å². The van der Waals surface area contributed by atoms with Crippen LogP contribution in [0.2, 0.25) is 0 Å². The molecule has 96 valence electrons. The highest BCUT2D eigenvalue weighted by Gasteiger charge is 2.31. The Kier molecular flexibility index (Phi) is 5.74. The van der Waals surface area contributed by atoms with E-state index in [1.807, 2.05) is 13.8 Å². The standard InChI is InChI=1S/C11H22BrNO2S/c1-10(2)9-16(14,15)13(8-7-12)11-5-3-4-6-11/h10-11H,3-9H2,1-2H3. The summed E-state index contributed by atoms with van der Waals surface area (Å²) < 4.78 is 26.2. The van der Waals surface area contributed by atoms with Crippen molar-refractivity contribution in [3.8, 4) is 0 Å². The van der Waals surface area contributed by atoms with Crippen LogP contribution in [0.1, 0.15) is 39.5 Å². The molecule has 1 fully saturated rings. The second-order valence-corrected chi connectivity index (χ2v) is 7.67. The van der Waals surface area contributed by atoms with Gasteiger partial charge in [-0.2, -0.15) is 4.31 Å². The predicted octanol–water partition coefficient (Wildman–Crippen LogP) is 2.61. The Morgan fingerprint density at radius 3 is 2.31 bits per heavy atom. The summed E-state index contributed by atoms with van der Waals surface area (Å²) in [5.41, 5.74) is 0. The Morgan fingerprint density at radius 2 is 1.88 bits per heavy atom. The molecule has 0 atom stereocenters. The average molecular weight is 312 g/mol. The lowest BCUT2D eigenvalue weighted by Gasteiger charge is -2.28. The molecular weight excluding hydrogens is 290 g/mol. The van der Waals surface area contributed by atoms with Crippen LogP contribution in [-0.4, -0.2) is 36.4 Å². The fourth-order valence-corrected chi connectivity index (χ4v) is 5.03. The highest BCUT2D eigenvalue weighted by atomic mass is 79.9. The fourth-order valence-electron chi connectivity index (χ4n) is 2.34. The molecule has 0 aliphatic heterocycles. The molecular formula is C11H22BrNO2S. The van der Waals surface area contributed by atoms with Gasteiger partial charge in [0.2, 0.25) is 10.0 Å². The Labute approximate surface area is 108 Å². The quantitative estimate of drug-likeness (QED) is 0.707. The molecule has 0 saturated heterocycles. The van der Waals surface area contributed by atoms with E-state index in [9.17, 15) is 8.42 Å². The molecule has 0 spiro atoms. The summed E-state index contributed by atoms with van der Waals surface area (Å²) in [4.78, 5) is 0. The smallest absolute Gasteiger partial charge is 0.212 e. The molecule has 1 aliphatic rings. The summed E-state index contributed by atoms with van der Waals surface area (Å²) in [5.74, 6) is 0.473.